The van der Waals surface area contributed by atoms with E-state index in [1.165, 1.54) is 41.3 Å². The van der Waals surface area contributed by atoms with Crippen molar-refractivity contribution in [2.45, 2.75) is 45.4 Å². The van der Waals surface area contributed by atoms with Gasteiger partial charge in [0, 0.05) is 24.5 Å². The van der Waals surface area contributed by atoms with E-state index in [-0.39, 0.29) is 17.2 Å². The number of nitrogens with zero attached hydrogens (tertiary/aromatic N) is 2. The number of hydrogen-bond acceptors (Lipinski definition) is 5. The van der Waals surface area contributed by atoms with Crippen molar-refractivity contribution in [3.63, 3.8) is 0 Å². The van der Waals surface area contributed by atoms with E-state index in [1.54, 1.807) is 24.0 Å². The zero-order chi connectivity index (χ0) is 26.6. The summed E-state index contributed by atoms with van der Waals surface area (Å²) in [6, 6.07) is 12.0. The SMILES string of the molecule is CCOP(=O)(O)c1ccc(N(C=O)CCCCCCCCN(C=O)c2ccc(P(=O)(O)O)cc2)cc1. The van der Waals surface area contributed by atoms with Gasteiger partial charge in [0.05, 0.1) is 17.2 Å². The first-order valence-corrected chi connectivity index (χ1v) is 15.0. The fourth-order valence-corrected chi connectivity index (χ4v) is 5.24. The highest BCUT2D eigenvalue weighted by molar-refractivity contribution is 7.61. The quantitative estimate of drug-likeness (QED) is 0.158. The van der Waals surface area contributed by atoms with Gasteiger partial charge in [0.2, 0.25) is 12.8 Å². The van der Waals surface area contributed by atoms with Crippen molar-refractivity contribution in [3.8, 4) is 0 Å². The van der Waals surface area contributed by atoms with E-state index in [2.05, 4.69) is 0 Å². The molecule has 0 aliphatic rings. The van der Waals surface area contributed by atoms with E-state index >= 15 is 0 Å². The minimum absolute atomic E-state index is 0.0835. The maximum absolute atomic E-state index is 12.1. The van der Waals surface area contributed by atoms with Crippen LogP contribution in [0.5, 0.6) is 0 Å². The molecule has 0 heterocycles. The number of carbonyl (C=O) groups excluding carboxylic acids is 2. The van der Waals surface area contributed by atoms with Crippen LogP contribution in [0.25, 0.3) is 0 Å². The Morgan fingerprint density at radius 3 is 1.44 bits per heavy atom. The first-order valence-electron chi connectivity index (χ1n) is 11.8. The van der Waals surface area contributed by atoms with Crippen molar-refractivity contribution >= 4 is 50.0 Å². The molecular formula is C24H34N2O8P2. The predicted octanol–water partition coefficient (Wildman–Crippen LogP) is 3.30. The van der Waals surface area contributed by atoms with Crippen LogP contribution in [0.15, 0.2) is 48.5 Å². The summed E-state index contributed by atoms with van der Waals surface area (Å²) < 4.78 is 28.2. The van der Waals surface area contributed by atoms with Gasteiger partial charge in [-0.2, -0.15) is 0 Å². The van der Waals surface area contributed by atoms with E-state index < -0.39 is 15.2 Å². The fraction of sp³-hybridized carbons (Fsp3) is 0.417. The summed E-state index contributed by atoms with van der Waals surface area (Å²) in [6.45, 7) is 2.82. The van der Waals surface area contributed by atoms with Crippen molar-refractivity contribution in [3.05, 3.63) is 48.5 Å². The van der Waals surface area contributed by atoms with Gasteiger partial charge in [0.1, 0.15) is 0 Å². The van der Waals surface area contributed by atoms with Gasteiger partial charge < -0.3 is 29.0 Å². The predicted molar refractivity (Wildman–Crippen MR) is 140 cm³/mol. The smallest absolute Gasteiger partial charge is 0.321 e. The highest BCUT2D eigenvalue weighted by Gasteiger charge is 2.22. The standard InChI is InChI=1S/C24H34N2O8P2/c1-2-34-36(32,33)24-15-11-22(12-16-24)26(20-28)18-8-6-4-3-5-7-17-25(19-27)21-9-13-23(14-10-21)35(29,30)31/h9-16,19-20H,2-8,17-18H2,1H3,(H,32,33)(H2,29,30,31). The molecule has 2 rings (SSSR count). The number of rotatable bonds is 17. The Morgan fingerprint density at radius 2 is 1.08 bits per heavy atom. The van der Waals surface area contributed by atoms with Gasteiger partial charge in [-0.25, -0.2) is 0 Å². The van der Waals surface area contributed by atoms with Crippen LogP contribution in [-0.4, -0.2) is 47.2 Å². The van der Waals surface area contributed by atoms with Crippen molar-refractivity contribution in [2.75, 3.05) is 29.5 Å². The Morgan fingerprint density at radius 1 is 0.694 bits per heavy atom. The molecule has 0 aliphatic carbocycles. The Balaban J connectivity index is 1.68. The Bertz CT molecular complexity index is 1060. The fourth-order valence-electron chi connectivity index (χ4n) is 3.68. The second-order valence-electron chi connectivity index (χ2n) is 8.23. The Kier molecular flexibility index (Phi) is 12.0. The molecule has 0 radical (unpaired) electrons. The number of unbranched alkanes of at least 4 members (excludes halogenated alkanes) is 5. The molecule has 3 N–H and O–H groups in total. The number of hydrogen-bond donors (Lipinski definition) is 3. The van der Waals surface area contributed by atoms with Crippen molar-refractivity contribution in [2.24, 2.45) is 0 Å². The molecule has 2 amide bonds. The summed E-state index contributed by atoms with van der Waals surface area (Å²) in [5, 5.41) is 0.102. The first kappa shape index (κ1) is 29.9. The topological polar surface area (TPSA) is 145 Å². The molecule has 0 saturated carbocycles. The summed E-state index contributed by atoms with van der Waals surface area (Å²) in [4.78, 5) is 54.2. The largest absolute Gasteiger partial charge is 0.358 e. The molecule has 0 spiro atoms. The molecule has 0 aromatic heterocycles. The highest BCUT2D eigenvalue weighted by atomic mass is 31.2. The monoisotopic (exact) mass is 540 g/mol. The van der Waals surface area contributed by atoms with E-state index in [4.69, 9.17) is 4.52 Å². The van der Waals surface area contributed by atoms with E-state index in [0.29, 0.717) is 30.9 Å². The number of benzene rings is 2. The minimum Gasteiger partial charge on any atom is -0.321 e. The lowest BCUT2D eigenvalue weighted by atomic mass is 10.1. The van der Waals surface area contributed by atoms with E-state index in [1.807, 2.05) is 0 Å². The number of carbonyl (C=O) groups is 2. The maximum atomic E-state index is 12.1. The average molecular weight is 540 g/mol. The minimum atomic E-state index is -4.31. The second kappa shape index (κ2) is 14.4. The zero-order valence-corrected chi connectivity index (χ0v) is 22.1. The van der Waals surface area contributed by atoms with Crippen LogP contribution in [0.4, 0.5) is 11.4 Å². The molecule has 1 atom stereocenters. The summed E-state index contributed by atoms with van der Waals surface area (Å²) in [5.41, 5.74) is 1.23. The van der Waals surface area contributed by atoms with Crippen LogP contribution in [0.2, 0.25) is 0 Å². The molecule has 0 fully saturated rings. The number of anilines is 2. The van der Waals surface area contributed by atoms with E-state index in [0.717, 1.165) is 44.9 Å². The van der Waals surface area contributed by atoms with Crippen molar-refractivity contribution < 1.29 is 37.9 Å². The molecule has 2 aromatic carbocycles. The van der Waals surface area contributed by atoms with Gasteiger partial charge in [-0.05, 0) is 68.3 Å². The third-order valence-electron chi connectivity index (χ3n) is 5.63. The highest BCUT2D eigenvalue weighted by Crippen LogP contribution is 2.40. The third-order valence-corrected chi connectivity index (χ3v) is 8.16. The van der Waals surface area contributed by atoms with Crippen molar-refractivity contribution in [1.29, 1.82) is 0 Å². The van der Waals surface area contributed by atoms with E-state index in [9.17, 15) is 33.4 Å². The van der Waals surface area contributed by atoms with Gasteiger partial charge in [-0.3, -0.25) is 18.7 Å². The molecule has 1 unspecified atom stereocenters. The van der Waals surface area contributed by atoms with Gasteiger partial charge in [0.15, 0.2) is 0 Å². The Labute approximate surface area is 211 Å². The van der Waals surface area contributed by atoms with Gasteiger partial charge in [0.25, 0.3) is 0 Å². The summed E-state index contributed by atoms with van der Waals surface area (Å²) in [6.07, 6.45) is 6.87. The van der Waals surface area contributed by atoms with Crippen LogP contribution < -0.4 is 20.4 Å². The number of amides is 2. The summed E-state index contributed by atoms with van der Waals surface area (Å²) in [7, 11) is -8.14. The van der Waals surface area contributed by atoms with Crippen LogP contribution in [0, 0.1) is 0 Å². The summed E-state index contributed by atoms with van der Waals surface area (Å²) >= 11 is 0. The van der Waals surface area contributed by atoms with Gasteiger partial charge in [-0.15, -0.1) is 0 Å². The lowest BCUT2D eigenvalue weighted by molar-refractivity contribution is -0.108. The molecule has 2 aromatic rings. The average Bonchev–Trinajstić information content (AvgIpc) is 2.85. The molecular weight excluding hydrogens is 506 g/mol. The first-order chi connectivity index (χ1) is 17.1. The lowest BCUT2D eigenvalue weighted by Crippen LogP contribution is -2.23. The molecule has 10 nitrogen and oxygen atoms in total. The third kappa shape index (κ3) is 9.28. The maximum Gasteiger partial charge on any atom is 0.358 e. The molecule has 12 heteroatoms. The lowest BCUT2D eigenvalue weighted by Gasteiger charge is -2.19. The van der Waals surface area contributed by atoms with Crippen molar-refractivity contribution in [1.82, 2.24) is 0 Å². The van der Waals surface area contributed by atoms with Gasteiger partial charge in [-0.1, -0.05) is 25.7 Å². The molecule has 0 bridgehead atoms. The molecule has 198 valence electrons. The summed E-state index contributed by atoms with van der Waals surface area (Å²) in [5.74, 6) is 0. The molecule has 36 heavy (non-hydrogen) atoms. The van der Waals surface area contributed by atoms with Crippen LogP contribution >= 0.6 is 15.2 Å². The molecule has 0 aliphatic heterocycles. The van der Waals surface area contributed by atoms with Crippen LogP contribution in [-0.2, 0) is 23.2 Å². The zero-order valence-electron chi connectivity index (χ0n) is 20.3. The Hall–Kier alpha value is -2.32. The van der Waals surface area contributed by atoms with Crippen LogP contribution in [0.3, 0.4) is 0 Å². The van der Waals surface area contributed by atoms with Gasteiger partial charge >= 0.3 is 15.2 Å². The molecule has 0 saturated heterocycles. The van der Waals surface area contributed by atoms with Crippen LogP contribution in [0.1, 0.15) is 45.4 Å². The normalized spacial score (nSPS) is 13.1. The second-order valence-corrected chi connectivity index (χ2v) is 11.7.